The number of aliphatic hydroxyl groups excluding tert-OH is 1. The first-order valence-electron chi connectivity index (χ1n) is 7.01. The third kappa shape index (κ3) is 3.20. The summed E-state index contributed by atoms with van der Waals surface area (Å²) in [7, 11) is 1.98. The number of aliphatic hydroxyl groups is 1. The minimum Gasteiger partial charge on any atom is -0.392 e. The molecule has 1 N–H and O–H groups in total. The number of rotatable bonds is 4. The molecule has 0 aliphatic heterocycles. The van der Waals surface area contributed by atoms with Gasteiger partial charge in [0.1, 0.15) is 5.82 Å². The molecule has 2 aromatic rings. The Balaban J connectivity index is 2.45. The maximum absolute atomic E-state index is 9.65. The molecule has 112 valence electrons. The normalized spacial score (nSPS) is 12.3. The second-order valence-electron chi connectivity index (χ2n) is 5.35. The maximum atomic E-state index is 9.65. The van der Waals surface area contributed by atoms with E-state index in [-0.39, 0.29) is 12.6 Å². The predicted molar refractivity (Wildman–Crippen MR) is 87.9 cm³/mol. The number of halogens is 1. The van der Waals surface area contributed by atoms with Gasteiger partial charge in [-0.05, 0) is 44.0 Å². The summed E-state index contributed by atoms with van der Waals surface area (Å²) in [5.74, 6) is 0.808. The van der Waals surface area contributed by atoms with Gasteiger partial charge in [0.25, 0.3) is 0 Å². The van der Waals surface area contributed by atoms with Crippen molar-refractivity contribution in [1.82, 2.24) is 4.98 Å². The fourth-order valence-electron chi connectivity index (χ4n) is 2.54. The minimum absolute atomic E-state index is 0.0198. The molecule has 0 bridgehead atoms. The molecule has 0 saturated carbocycles. The first-order valence-corrected chi connectivity index (χ1v) is 7.38. The van der Waals surface area contributed by atoms with Gasteiger partial charge in [-0.25, -0.2) is 4.98 Å². The molecule has 21 heavy (non-hydrogen) atoms. The number of hydrogen-bond donors (Lipinski definition) is 1. The summed E-state index contributed by atoms with van der Waals surface area (Å²) in [6.45, 7) is 6.03. The zero-order valence-electron chi connectivity index (χ0n) is 12.9. The van der Waals surface area contributed by atoms with E-state index < -0.39 is 0 Å². The lowest BCUT2D eigenvalue weighted by molar-refractivity contribution is 0.280. The van der Waals surface area contributed by atoms with Crippen LogP contribution in [-0.4, -0.2) is 17.1 Å². The number of aryl methyl sites for hydroxylation is 2. The quantitative estimate of drug-likeness (QED) is 0.926. The average molecular weight is 305 g/mol. The zero-order chi connectivity index (χ0) is 15.6. The van der Waals surface area contributed by atoms with Crippen LogP contribution in [0.2, 0.25) is 5.02 Å². The Hall–Kier alpha value is -1.58. The summed E-state index contributed by atoms with van der Waals surface area (Å²) in [6, 6.07) is 9.87. The summed E-state index contributed by atoms with van der Waals surface area (Å²) < 4.78 is 0. The van der Waals surface area contributed by atoms with Gasteiger partial charge in [0.05, 0.1) is 12.6 Å². The van der Waals surface area contributed by atoms with Gasteiger partial charge in [-0.2, -0.15) is 0 Å². The summed E-state index contributed by atoms with van der Waals surface area (Å²) in [5.41, 5.74) is 3.91. The molecule has 3 nitrogen and oxygen atoms in total. The number of benzene rings is 1. The van der Waals surface area contributed by atoms with Crippen molar-refractivity contribution in [2.75, 3.05) is 11.9 Å². The van der Waals surface area contributed by atoms with Gasteiger partial charge in [0.15, 0.2) is 0 Å². The van der Waals surface area contributed by atoms with Crippen LogP contribution in [0.5, 0.6) is 0 Å². The highest BCUT2D eigenvalue weighted by molar-refractivity contribution is 6.31. The van der Waals surface area contributed by atoms with Gasteiger partial charge < -0.3 is 10.0 Å². The van der Waals surface area contributed by atoms with Crippen LogP contribution < -0.4 is 4.90 Å². The van der Waals surface area contributed by atoms with Gasteiger partial charge in [0.2, 0.25) is 0 Å². The lowest BCUT2D eigenvalue weighted by Crippen LogP contribution is -2.25. The Bertz CT molecular complexity index is 643. The number of hydrogen-bond acceptors (Lipinski definition) is 3. The van der Waals surface area contributed by atoms with Crippen LogP contribution in [0.1, 0.15) is 35.3 Å². The van der Waals surface area contributed by atoms with Crippen LogP contribution >= 0.6 is 11.6 Å². The van der Waals surface area contributed by atoms with E-state index in [0.29, 0.717) is 0 Å². The predicted octanol–water partition coefficient (Wildman–Crippen LogP) is 4.04. The number of aromatic nitrogens is 1. The fraction of sp³-hybridized carbons (Fsp3) is 0.353. The van der Waals surface area contributed by atoms with Gasteiger partial charge >= 0.3 is 0 Å². The van der Waals surface area contributed by atoms with Crippen molar-refractivity contribution in [1.29, 1.82) is 0 Å². The topological polar surface area (TPSA) is 36.4 Å². The van der Waals surface area contributed by atoms with Crippen molar-refractivity contribution in [2.45, 2.75) is 33.4 Å². The second kappa shape index (κ2) is 6.46. The van der Waals surface area contributed by atoms with E-state index in [1.165, 1.54) is 0 Å². The Morgan fingerprint density at radius 1 is 1.29 bits per heavy atom. The van der Waals surface area contributed by atoms with Crippen LogP contribution in [0.25, 0.3) is 0 Å². The van der Waals surface area contributed by atoms with E-state index in [4.69, 9.17) is 11.6 Å². The summed E-state index contributed by atoms with van der Waals surface area (Å²) in [5, 5.41) is 10.4. The highest BCUT2D eigenvalue weighted by atomic mass is 35.5. The first-order chi connectivity index (χ1) is 9.95. The largest absolute Gasteiger partial charge is 0.392 e. The molecule has 0 radical (unpaired) electrons. The fourth-order valence-corrected chi connectivity index (χ4v) is 2.83. The van der Waals surface area contributed by atoms with Crippen LogP contribution in [-0.2, 0) is 6.61 Å². The second-order valence-corrected chi connectivity index (χ2v) is 5.76. The van der Waals surface area contributed by atoms with Crippen LogP contribution in [0.4, 0.5) is 5.82 Å². The number of nitrogens with zero attached hydrogens (tertiary/aromatic N) is 2. The lowest BCUT2D eigenvalue weighted by atomic mass is 10.0. The molecule has 0 fully saturated rings. The molecule has 1 unspecified atom stereocenters. The van der Waals surface area contributed by atoms with E-state index in [0.717, 1.165) is 33.2 Å². The molecule has 0 aliphatic carbocycles. The molecule has 2 rings (SSSR count). The standard InChI is InChI=1S/C17H21ClN2O/c1-11-9-12(2)19-17(15(11)10-21)20(4)13(3)14-7-5-6-8-16(14)18/h5-9,13,21H,10H2,1-4H3. The average Bonchev–Trinajstić information content (AvgIpc) is 2.45. The van der Waals surface area contributed by atoms with Crippen LogP contribution in [0.15, 0.2) is 30.3 Å². The monoisotopic (exact) mass is 304 g/mol. The first kappa shape index (κ1) is 15.8. The maximum Gasteiger partial charge on any atom is 0.134 e. The van der Waals surface area contributed by atoms with Crippen LogP contribution in [0.3, 0.4) is 0 Å². The molecule has 0 amide bonds. The van der Waals surface area contributed by atoms with Crippen molar-refractivity contribution in [3.8, 4) is 0 Å². The molecular formula is C17H21ClN2O. The highest BCUT2D eigenvalue weighted by Crippen LogP contribution is 2.31. The van der Waals surface area contributed by atoms with Crippen molar-refractivity contribution >= 4 is 17.4 Å². The molecule has 1 atom stereocenters. The third-order valence-corrected chi connectivity index (χ3v) is 4.23. The highest BCUT2D eigenvalue weighted by Gasteiger charge is 2.19. The van der Waals surface area contributed by atoms with Gasteiger partial charge in [-0.15, -0.1) is 0 Å². The lowest BCUT2D eigenvalue weighted by Gasteiger charge is -2.29. The van der Waals surface area contributed by atoms with Gasteiger partial charge in [0, 0.05) is 23.3 Å². The molecule has 0 spiro atoms. The molecule has 1 aromatic heterocycles. The van der Waals surface area contributed by atoms with Crippen molar-refractivity contribution in [3.05, 3.63) is 57.7 Å². The van der Waals surface area contributed by atoms with E-state index in [9.17, 15) is 5.11 Å². The number of pyridine rings is 1. The molecule has 0 aliphatic rings. The smallest absolute Gasteiger partial charge is 0.134 e. The van der Waals surface area contributed by atoms with Crippen molar-refractivity contribution in [2.24, 2.45) is 0 Å². The van der Waals surface area contributed by atoms with E-state index >= 15 is 0 Å². The summed E-state index contributed by atoms with van der Waals surface area (Å²) in [6.07, 6.45) is 0. The van der Waals surface area contributed by atoms with E-state index in [1.54, 1.807) is 0 Å². The van der Waals surface area contributed by atoms with E-state index in [2.05, 4.69) is 16.8 Å². The van der Waals surface area contributed by atoms with Crippen molar-refractivity contribution < 1.29 is 5.11 Å². The molecule has 1 aromatic carbocycles. The van der Waals surface area contributed by atoms with E-state index in [1.807, 2.05) is 51.2 Å². The molecule has 1 heterocycles. The Labute approximate surface area is 131 Å². The number of anilines is 1. The van der Waals surface area contributed by atoms with Crippen molar-refractivity contribution in [3.63, 3.8) is 0 Å². The third-order valence-electron chi connectivity index (χ3n) is 3.88. The summed E-state index contributed by atoms with van der Waals surface area (Å²) in [4.78, 5) is 6.67. The molecule has 0 saturated heterocycles. The Morgan fingerprint density at radius 2 is 1.95 bits per heavy atom. The zero-order valence-corrected chi connectivity index (χ0v) is 13.6. The van der Waals surface area contributed by atoms with Gasteiger partial charge in [-0.1, -0.05) is 29.8 Å². The van der Waals surface area contributed by atoms with Gasteiger partial charge in [-0.3, -0.25) is 0 Å². The Kier molecular flexibility index (Phi) is 4.86. The molecular weight excluding hydrogens is 284 g/mol. The molecule has 4 heteroatoms. The van der Waals surface area contributed by atoms with Crippen LogP contribution in [0, 0.1) is 13.8 Å². The minimum atomic E-state index is -0.0198. The SMILES string of the molecule is Cc1cc(C)c(CO)c(N(C)C(C)c2ccccc2Cl)n1. The Morgan fingerprint density at radius 3 is 2.57 bits per heavy atom. The summed E-state index contributed by atoms with van der Waals surface area (Å²) >= 11 is 6.29.